The van der Waals surface area contributed by atoms with E-state index in [1.807, 2.05) is 0 Å². The van der Waals surface area contributed by atoms with Gasteiger partial charge in [-0.25, -0.2) is 19.2 Å². The van der Waals surface area contributed by atoms with Gasteiger partial charge in [-0.05, 0) is 63.7 Å². The van der Waals surface area contributed by atoms with E-state index >= 15 is 0 Å². The Hall–Kier alpha value is -3.88. The van der Waals surface area contributed by atoms with Crippen LogP contribution in [-0.4, -0.2) is 90.4 Å². The first-order valence-electron chi connectivity index (χ1n) is 13.1. The van der Waals surface area contributed by atoms with Gasteiger partial charge in [0, 0.05) is 18.2 Å². The number of carbonyl (C=O) groups is 3. The van der Waals surface area contributed by atoms with Crippen LogP contribution in [0.4, 0.5) is 26.5 Å². The summed E-state index contributed by atoms with van der Waals surface area (Å²) in [6.45, 7) is 2.78. The number of fused-ring (bicyclic) bond motifs is 2. The largest absolute Gasteiger partial charge is 0.465 e. The highest BCUT2D eigenvalue weighted by atomic mass is 19.1. The summed E-state index contributed by atoms with van der Waals surface area (Å²) in [5.41, 5.74) is 1.24. The molecule has 2 aromatic rings. The van der Waals surface area contributed by atoms with Crippen LogP contribution >= 0.6 is 0 Å². The third-order valence-electron chi connectivity index (χ3n) is 7.41. The lowest BCUT2D eigenvalue weighted by Gasteiger charge is -2.19. The molecule has 13 nitrogen and oxygen atoms in total. The molecule has 4 atom stereocenters. The standard InChI is InChI=1S/C26H32FN7O6/c1-13(33(2)3)24(37)30-15-7-18-17(19(27)8-15)6-14(22(18)36)9-28-5-4-16-11-34(26(38)40-16)20-10-29-25-23(31-20)32-21(35)12-39-25/h7-8,10,13-14,16,22,28,36H,4-6,9,11-12H2,1-3H3,(H,30,37)(H,31,32,35)/t13?,14?,16-,22?/m1/s1. The molecule has 0 radical (unpaired) electrons. The topological polar surface area (TPSA) is 158 Å². The molecule has 1 fully saturated rings. The van der Waals surface area contributed by atoms with Crippen molar-refractivity contribution in [3.63, 3.8) is 0 Å². The summed E-state index contributed by atoms with van der Waals surface area (Å²) in [6, 6.07) is 2.53. The van der Waals surface area contributed by atoms with E-state index in [1.54, 1.807) is 32.0 Å². The van der Waals surface area contributed by atoms with Crippen LogP contribution in [0.5, 0.6) is 5.88 Å². The molecule has 3 heterocycles. The molecule has 3 aliphatic rings. The molecule has 1 aromatic carbocycles. The van der Waals surface area contributed by atoms with Crippen LogP contribution < -0.4 is 25.6 Å². The van der Waals surface area contributed by atoms with Crippen LogP contribution in [0.15, 0.2) is 18.3 Å². The molecule has 2 aliphatic heterocycles. The lowest BCUT2D eigenvalue weighted by atomic mass is 10.0. The van der Waals surface area contributed by atoms with Crippen molar-refractivity contribution in [1.29, 1.82) is 0 Å². The summed E-state index contributed by atoms with van der Waals surface area (Å²) in [6.07, 6.45) is 0.402. The van der Waals surface area contributed by atoms with E-state index in [-0.39, 0.29) is 48.4 Å². The third kappa shape index (κ3) is 5.69. The first-order chi connectivity index (χ1) is 19.1. The van der Waals surface area contributed by atoms with Gasteiger partial charge in [0.25, 0.3) is 11.8 Å². The number of hydrogen-bond donors (Lipinski definition) is 4. The first-order valence-corrected chi connectivity index (χ1v) is 13.1. The summed E-state index contributed by atoms with van der Waals surface area (Å²) >= 11 is 0. The number of nitrogens with zero attached hydrogens (tertiary/aromatic N) is 4. The van der Waals surface area contributed by atoms with E-state index in [9.17, 15) is 23.9 Å². The number of benzene rings is 1. The fraction of sp³-hybridized carbons (Fsp3) is 0.500. The summed E-state index contributed by atoms with van der Waals surface area (Å²) in [5.74, 6) is -0.744. The summed E-state index contributed by atoms with van der Waals surface area (Å²) in [4.78, 5) is 47.8. The second kappa shape index (κ2) is 11.3. The fourth-order valence-corrected chi connectivity index (χ4v) is 4.90. The van der Waals surface area contributed by atoms with Crippen molar-refractivity contribution < 1.29 is 33.4 Å². The third-order valence-corrected chi connectivity index (χ3v) is 7.41. The molecule has 1 aromatic heterocycles. The maximum absolute atomic E-state index is 14.8. The molecule has 14 heteroatoms. The van der Waals surface area contributed by atoms with Gasteiger partial charge in [-0.2, -0.15) is 0 Å². The minimum Gasteiger partial charge on any atom is -0.465 e. The van der Waals surface area contributed by atoms with Crippen LogP contribution in [0.2, 0.25) is 0 Å². The Balaban J connectivity index is 1.11. The van der Waals surface area contributed by atoms with E-state index in [0.29, 0.717) is 42.7 Å². The highest BCUT2D eigenvalue weighted by Crippen LogP contribution is 2.39. The number of ether oxygens (including phenoxy) is 2. The van der Waals surface area contributed by atoms with Crippen molar-refractivity contribution in [1.82, 2.24) is 20.2 Å². The Bertz CT molecular complexity index is 1320. The van der Waals surface area contributed by atoms with Crippen LogP contribution in [0.3, 0.4) is 0 Å². The van der Waals surface area contributed by atoms with Gasteiger partial charge in [-0.3, -0.25) is 19.4 Å². The SMILES string of the molecule is CC(C(=O)Nc1cc(F)c2c(c1)C(O)C(CNCC[C@@H]1CN(c3cnc4c(n3)NC(=O)CO4)C(=O)O1)C2)N(C)C. The number of likely N-dealkylation sites (N-methyl/N-ethyl adjacent to an activating group) is 1. The van der Waals surface area contributed by atoms with Crippen LogP contribution in [-0.2, 0) is 20.7 Å². The van der Waals surface area contributed by atoms with Crippen LogP contribution in [0.1, 0.15) is 30.6 Å². The number of nitrogens with one attached hydrogen (secondary N) is 3. The number of anilines is 3. The molecule has 5 rings (SSSR count). The monoisotopic (exact) mass is 557 g/mol. The Morgan fingerprint density at radius 1 is 1.35 bits per heavy atom. The summed E-state index contributed by atoms with van der Waals surface area (Å²) in [7, 11) is 3.56. The predicted octanol–water partition coefficient (Wildman–Crippen LogP) is 1.05. The molecule has 0 saturated carbocycles. The minimum absolute atomic E-state index is 0.142. The van der Waals surface area contributed by atoms with Gasteiger partial charge < -0.3 is 30.5 Å². The summed E-state index contributed by atoms with van der Waals surface area (Å²) < 4.78 is 25.5. The van der Waals surface area contributed by atoms with Crippen LogP contribution in [0.25, 0.3) is 0 Å². The highest BCUT2D eigenvalue weighted by molar-refractivity contribution is 5.95. The Kier molecular flexibility index (Phi) is 7.83. The quantitative estimate of drug-likeness (QED) is 0.328. The number of halogens is 1. The number of aliphatic hydroxyl groups is 1. The Labute approximate surface area is 230 Å². The van der Waals surface area contributed by atoms with Gasteiger partial charge in [-0.15, -0.1) is 0 Å². The average molecular weight is 558 g/mol. The molecular formula is C26H32FN7O6. The molecular weight excluding hydrogens is 525 g/mol. The number of aliphatic hydroxyl groups excluding tert-OH is 1. The smallest absolute Gasteiger partial charge is 0.415 e. The maximum Gasteiger partial charge on any atom is 0.415 e. The van der Waals surface area contributed by atoms with Crippen molar-refractivity contribution >= 4 is 35.2 Å². The van der Waals surface area contributed by atoms with Crippen molar-refractivity contribution in [2.24, 2.45) is 5.92 Å². The van der Waals surface area contributed by atoms with Gasteiger partial charge in [0.1, 0.15) is 11.9 Å². The maximum atomic E-state index is 14.8. The molecule has 1 saturated heterocycles. The van der Waals surface area contributed by atoms with E-state index < -0.39 is 30.2 Å². The van der Waals surface area contributed by atoms with Crippen molar-refractivity contribution in [3.05, 3.63) is 35.3 Å². The number of aromatic nitrogens is 2. The van der Waals surface area contributed by atoms with Crippen molar-refractivity contribution in [3.8, 4) is 5.88 Å². The Morgan fingerprint density at radius 3 is 2.92 bits per heavy atom. The fourth-order valence-electron chi connectivity index (χ4n) is 4.90. The zero-order valence-electron chi connectivity index (χ0n) is 22.4. The van der Waals surface area contributed by atoms with Crippen LogP contribution in [0, 0.1) is 11.7 Å². The highest BCUT2D eigenvalue weighted by Gasteiger charge is 2.36. The molecule has 4 N–H and O–H groups in total. The normalized spacial score (nSPS) is 22.4. The number of amides is 3. The van der Waals surface area contributed by atoms with Gasteiger partial charge >= 0.3 is 6.09 Å². The predicted molar refractivity (Wildman–Crippen MR) is 142 cm³/mol. The zero-order chi connectivity index (χ0) is 28.6. The zero-order valence-corrected chi connectivity index (χ0v) is 22.4. The van der Waals surface area contributed by atoms with Gasteiger partial charge in [0.15, 0.2) is 18.2 Å². The molecule has 214 valence electrons. The number of cyclic esters (lactones) is 1. The minimum atomic E-state index is -0.882. The molecule has 3 unspecified atom stereocenters. The van der Waals surface area contributed by atoms with E-state index in [1.165, 1.54) is 17.2 Å². The lowest BCUT2D eigenvalue weighted by molar-refractivity contribution is -0.120. The second-order valence-electron chi connectivity index (χ2n) is 10.4. The van der Waals surface area contributed by atoms with Gasteiger partial charge in [-0.1, -0.05) is 0 Å². The van der Waals surface area contributed by atoms with E-state index in [2.05, 4.69) is 25.9 Å². The van der Waals surface area contributed by atoms with Crippen molar-refractivity contribution in [2.45, 2.75) is 38.0 Å². The molecule has 3 amide bonds. The lowest BCUT2D eigenvalue weighted by Crippen LogP contribution is -2.37. The molecule has 40 heavy (non-hydrogen) atoms. The first kappa shape index (κ1) is 27.7. The van der Waals surface area contributed by atoms with E-state index in [0.717, 1.165) is 0 Å². The van der Waals surface area contributed by atoms with Gasteiger partial charge in [0.2, 0.25) is 5.91 Å². The van der Waals surface area contributed by atoms with Gasteiger partial charge in [0.05, 0.1) is 24.9 Å². The Morgan fingerprint density at radius 2 is 2.15 bits per heavy atom. The molecule has 1 aliphatic carbocycles. The number of rotatable bonds is 9. The second-order valence-corrected chi connectivity index (χ2v) is 10.4. The van der Waals surface area contributed by atoms with Crippen molar-refractivity contribution in [2.75, 3.05) is 55.9 Å². The molecule has 0 spiro atoms. The van der Waals surface area contributed by atoms with E-state index in [4.69, 9.17) is 9.47 Å². The number of carbonyl (C=O) groups excluding carboxylic acids is 3. The average Bonchev–Trinajstić information content (AvgIpc) is 3.45. The molecule has 0 bridgehead atoms. The summed E-state index contributed by atoms with van der Waals surface area (Å²) in [5, 5.41) is 19.4. The number of hydrogen-bond acceptors (Lipinski definition) is 10.